The van der Waals surface area contributed by atoms with Crippen LogP contribution < -0.4 is 15.4 Å². The lowest BCUT2D eigenvalue weighted by atomic mass is 9.98. The van der Waals surface area contributed by atoms with E-state index in [0.717, 1.165) is 16.9 Å². The fourth-order valence-corrected chi connectivity index (χ4v) is 3.74. The molecule has 1 atom stereocenters. The normalized spacial score (nSPS) is 11.5. The summed E-state index contributed by atoms with van der Waals surface area (Å²) in [6, 6.07) is 19.2. The van der Waals surface area contributed by atoms with Crippen molar-refractivity contribution in [2.75, 3.05) is 13.2 Å². The van der Waals surface area contributed by atoms with Gasteiger partial charge >= 0.3 is 0 Å². The lowest BCUT2D eigenvalue weighted by Gasteiger charge is -2.20. The van der Waals surface area contributed by atoms with Crippen LogP contribution in [0.4, 0.5) is 0 Å². The number of amides is 2. The molecule has 2 amide bonds. The zero-order chi connectivity index (χ0) is 21.2. The maximum atomic E-state index is 12.6. The van der Waals surface area contributed by atoms with E-state index >= 15 is 0 Å². The summed E-state index contributed by atoms with van der Waals surface area (Å²) in [5, 5.41) is 9.65. The van der Waals surface area contributed by atoms with Crippen molar-refractivity contribution in [1.82, 2.24) is 10.6 Å². The van der Waals surface area contributed by atoms with Gasteiger partial charge in [-0.2, -0.15) is 11.3 Å². The number of nitrogens with one attached hydrogen (secondary N) is 2. The molecule has 0 aliphatic rings. The van der Waals surface area contributed by atoms with E-state index in [0.29, 0.717) is 31.6 Å². The Balaban J connectivity index is 1.57. The topological polar surface area (TPSA) is 67.4 Å². The van der Waals surface area contributed by atoms with Crippen LogP contribution in [0, 0.1) is 0 Å². The van der Waals surface area contributed by atoms with Gasteiger partial charge in [0.2, 0.25) is 5.91 Å². The molecule has 0 saturated heterocycles. The summed E-state index contributed by atoms with van der Waals surface area (Å²) in [6.45, 7) is 3.02. The SMILES string of the molecule is CCOc1ccc([C@@H](NC(=O)CCCNC(=O)c2ccsc2)c2ccccc2)cc1. The molecule has 0 aliphatic carbocycles. The van der Waals surface area contributed by atoms with E-state index < -0.39 is 0 Å². The number of ether oxygens (including phenoxy) is 1. The third kappa shape index (κ3) is 6.19. The van der Waals surface area contributed by atoms with Gasteiger partial charge in [0.1, 0.15) is 5.75 Å². The average molecular weight is 423 g/mol. The van der Waals surface area contributed by atoms with Crippen molar-refractivity contribution in [2.24, 2.45) is 0 Å². The summed E-state index contributed by atoms with van der Waals surface area (Å²) in [6.07, 6.45) is 0.913. The molecule has 5 nitrogen and oxygen atoms in total. The van der Waals surface area contributed by atoms with Gasteiger partial charge in [-0.1, -0.05) is 42.5 Å². The van der Waals surface area contributed by atoms with Gasteiger partial charge in [-0.3, -0.25) is 9.59 Å². The predicted octanol–water partition coefficient (Wildman–Crippen LogP) is 4.56. The molecule has 2 aromatic carbocycles. The van der Waals surface area contributed by atoms with E-state index in [2.05, 4.69) is 10.6 Å². The van der Waals surface area contributed by atoms with Crippen LogP contribution in [0.5, 0.6) is 5.75 Å². The predicted molar refractivity (Wildman–Crippen MR) is 120 cm³/mol. The molecule has 0 spiro atoms. The Labute approximate surface area is 181 Å². The van der Waals surface area contributed by atoms with E-state index in [1.54, 1.807) is 6.07 Å². The monoisotopic (exact) mass is 422 g/mol. The highest BCUT2D eigenvalue weighted by atomic mass is 32.1. The van der Waals surface area contributed by atoms with Crippen LogP contribution in [0.25, 0.3) is 0 Å². The first kappa shape index (κ1) is 21.6. The Morgan fingerprint density at radius 2 is 1.73 bits per heavy atom. The molecule has 0 aliphatic heterocycles. The molecule has 3 rings (SSSR count). The van der Waals surface area contributed by atoms with E-state index in [-0.39, 0.29) is 17.9 Å². The highest BCUT2D eigenvalue weighted by molar-refractivity contribution is 7.08. The maximum Gasteiger partial charge on any atom is 0.252 e. The van der Waals surface area contributed by atoms with E-state index in [9.17, 15) is 9.59 Å². The molecule has 2 N–H and O–H groups in total. The van der Waals surface area contributed by atoms with Gasteiger partial charge in [0.05, 0.1) is 12.6 Å². The second kappa shape index (κ2) is 11.2. The van der Waals surface area contributed by atoms with Gasteiger partial charge in [-0.05, 0) is 48.1 Å². The molecule has 3 aromatic rings. The van der Waals surface area contributed by atoms with Crippen molar-refractivity contribution in [1.29, 1.82) is 0 Å². The molecule has 0 fully saturated rings. The molecular formula is C24H26N2O3S. The van der Waals surface area contributed by atoms with Crippen LogP contribution in [0.2, 0.25) is 0 Å². The van der Waals surface area contributed by atoms with Gasteiger partial charge in [0, 0.05) is 23.9 Å². The first-order valence-electron chi connectivity index (χ1n) is 10.0. The van der Waals surface area contributed by atoms with Crippen LogP contribution in [-0.4, -0.2) is 25.0 Å². The second-order valence-corrected chi connectivity index (χ2v) is 7.56. The van der Waals surface area contributed by atoms with Crippen LogP contribution in [0.1, 0.15) is 47.3 Å². The van der Waals surface area contributed by atoms with Crippen molar-refractivity contribution in [2.45, 2.75) is 25.8 Å². The van der Waals surface area contributed by atoms with Crippen molar-refractivity contribution in [3.05, 3.63) is 88.1 Å². The molecule has 1 heterocycles. The molecule has 0 radical (unpaired) electrons. The Morgan fingerprint density at radius 3 is 2.40 bits per heavy atom. The van der Waals surface area contributed by atoms with E-state index in [1.165, 1.54) is 11.3 Å². The molecule has 0 bridgehead atoms. The van der Waals surface area contributed by atoms with Crippen LogP contribution >= 0.6 is 11.3 Å². The van der Waals surface area contributed by atoms with Gasteiger partial charge in [0.15, 0.2) is 0 Å². The Hall–Kier alpha value is -3.12. The average Bonchev–Trinajstić information content (AvgIpc) is 3.32. The molecule has 1 aromatic heterocycles. The van der Waals surface area contributed by atoms with Gasteiger partial charge in [0.25, 0.3) is 5.91 Å². The number of hydrogen-bond acceptors (Lipinski definition) is 4. The van der Waals surface area contributed by atoms with Crippen LogP contribution in [0.3, 0.4) is 0 Å². The molecule has 6 heteroatoms. The van der Waals surface area contributed by atoms with Crippen molar-refractivity contribution < 1.29 is 14.3 Å². The summed E-state index contributed by atoms with van der Waals surface area (Å²) < 4.78 is 5.52. The minimum absolute atomic E-state index is 0.0532. The van der Waals surface area contributed by atoms with Crippen LogP contribution in [-0.2, 0) is 4.79 Å². The van der Waals surface area contributed by atoms with Gasteiger partial charge in [-0.15, -0.1) is 0 Å². The van der Waals surface area contributed by atoms with Gasteiger partial charge < -0.3 is 15.4 Å². The standard InChI is InChI=1S/C24H26N2O3S/c1-2-29-21-12-10-19(11-13-21)23(18-7-4-3-5-8-18)26-22(27)9-6-15-25-24(28)20-14-16-30-17-20/h3-5,7-8,10-14,16-17,23H,2,6,9,15H2,1H3,(H,25,28)(H,26,27)/t23-/m0/s1. The zero-order valence-corrected chi connectivity index (χ0v) is 17.8. The number of carbonyl (C=O) groups excluding carboxylic acids is 2. The number of benzene rings is 2. The molecule has 0 saturated carbocycles. The van der Waals surface area contributed by atoms with Crippen molar-refractivity contribution in [3.63, 3.8) is 0 Å². The summed E-state index contributed by atoms with van der Waals surface area (Å²) in [5.74, 6) is 0.650. The number of carbonyl (C=O) groups is 2. The minimum Gasteiger partial charge on any atom is -0.494 e. The quantitative estimate of drug-likeness (QED) is 0.471. The fraction of sp³-hybridized carbons (Fsp3) is 0.250. The Kier molecular flexibility index (Phi) is 8.03. The fourth-order valence-electron chi connectivity index (χ4n) is 3.11. The Bertz CT molecular complexity index is 925. The first-order chi connectivity index (χ1) is 14.7. The minimum atomic E-state index is -0.241. The van der Waals surface area contributed by atoms with Crippen LogP contribution in [0.15, 0.2) is 71.4 Å². The Morgan fingerprint density at radius 1 is 1.00 bits per heavy atom. The van der Waals surface area contributed by atoms with Crippen molar-refractivity contribution in [3.8, 4) is 5.75 Å². The summed E-state index contributed by atoms with van der Waals surface area (Å²) in [5.41, 5.74) is 2.66. The lowest BCUT2D eigenvalue weighted by molar-refractivity contribution is -0.121. The number of thiophene rings is 1. The highest BCUT2D eigenvalue weighted by Gasteiger charge is 2.17. The first-order valence-corrected chi connectivity index (χ1v) is 11.0. The second-order valence-electron chi connectivity index (χ2n) is 6.78. The molecular weight excluding hydrogens is 396 g/mol. The highest BCUT2D eigenvalue weighted by Crippen LogP contribution is 2.24. The summed E-state index contributed by atoms with van der Waals surface area (Å²) in [4.78, 5) is 24.6. The maximum absolute atomic E-state index is 12.6. The molecule has 156 valence electrons. The molecule has 0 unspecified atom stereocenters. The lowest BCUT2D eigenvalue weighted by Crippen LogP contribution is -2.30. The van der Waals surface area contributed by atoms with Crippen molar-refractivity contribution >= 4 is 23.2 Å². The smallest absolute Gasteiger partial charge is 0.252 e. The van der Waals surface area contributed by atoms with E-state index in [1.807, 2.05) is 72.3 Å². The third-order valence-electron chi connectivity index (χ3n) is 4.61. The third-order valence-corrected chi connectivity index (χ3v) is 5.30. The zero-order valence-electron chi connectivity index (χ0n) is 17.0. The van der Waals surface area contributed by atoms with Gasteiger partial charge in [-0.25, -0.2) is 0 Å². The molecule has 30 heavy (non-hydrogen) atoms. The number of hydrogen-bond donors (Lipinski definition) is 2. The summed E-state index contributed by atoms with van der Waals surface area (Å²) in [7, 11) is 0. The number of rotatable bonds is 10. The largest absolute Gasteiger partial charge is 0.494 e. The summed E-state index contributed by atoms with van der Waals surface area (Å²) >= 11 is 1.49. The van der Waals surface area contributed by atoms with E-state index in [4.69, 9.17) is 4.74 Å².